The molecule has 0 fully saturated rings. The van der Waals surface area contributed by atoms with E-state index in [1.54, 1.807) is 41.5 Å². The first-order valence-corrected chi connectivity index (χ1v) is 7.09. The summed E-state index contributed by atoms with van der Waals surface area (Å²) >= 11 is 0. The summed E-state index contributed by atoms with van der Waals surface area (Å²) in [4.78, 5) is 18.4. The molecular formula is C10H20F2O7S. The van der Waals surface area contributed by atoms with E-state index in [0.717, 1.165) is 0 Å². The summed E-state index contributed by atoms with van der Waals surface area (Å²) in [6.07, 6.45) is 0. The largest absolute Gasteiger partial charge is 0.359 e. The van der Waals surface area contributed by atoms with Crippen LogP contribution >= 0.6 is 0 Å². The van der Waals surface area contributed by atoms with Gasteiger partial charge in [0.25, 0.3) is 0 Å². The van der Waals surface area contributed by atoms with Gasteiger partial charge in [0.15, 0.2) is 0 Å². The van der Waals surface area contributed by atoms with Crippen molar-refractivity contribution in [3.8, 4) is 0 Å². The van der Waals surface area contributed by atoms with E-state index in [-0.39, 0.29) is 0 Å². The zero-order valence-corrected chi connectivity index (χ0v) is 13.0. The van der Waals surface area contributed by atoms with Gasteiger partial charge < -0.3 is 0 Å². The van der Waals surface area contributed by atoms with E-state index in [4.69, 9.17) is 9.78 Å². The second-order valence-electron chi connectivity index (χ2n) is 5.72. The SMILES string of the molecule is CC(C)(C)OOC(OOC(C)(C)C)S(=O)(=O)OC(F)F. The molecule has 20 heavy (non-hydrogen) atoms. The molecule has 7 nitrogen and oxygen atoms in total. The molecule has 0 amide bonds. The van der Waals surface area contributed by atoms with Crippen LogP contribution in [0.25, 0.3) is 0 Å². The minimum atomic E-state index is -4.91. The summed E-state index contributed by atoms with van der Waals surface area (Å²) in [5.74, 6) is 0. The van der Waals surface area contributed by atoms with E-state index in [1.807, 2.05) is 0 Å². The highest BCUT2D eigenvalue weighted by Crippen LogP contribution is 2.19. The second-order valence-corrected chi connectivity index (χ2v) is 7.29. The predicted molar refractivity (Wildman–Crippen MR) is 63.6 cm³/mol. The molecule has 10 heteroatoms. The number of hydrogen-bond acceptors (Lipinski definition) is 7. The molecule has 0 saturated carbocycles. The van der Waals surface area contributed by atoms with Gasteiger partial charge in [0.05, 0.1) is 11.2 Å². The third-order valence-electron chi connectivity index (χ3n) is 1.20. The van der Waals surface area contributed by atoms with Crippen molar-refractivity contribution in [3.05, 3.63) is 0 Å². The number of rotatable bonds is 7. The molecule has 0 aliphatic heterocycles. The summed E-state index contributed by atoms with van der Waals surface area (Å²) in [6, 6.07) is 0. The average molecular weight is 322 g/mol. The fourth-order valence-electron chi connectivity index (χ4n) is 0.626. The first-order chi connectivity index (χ1) is 8.73. The Balaban J connectivity index is 4.87. The van der Waals surface area contributed by atoms with Gasteiger partial charge >= 0.3 is 22.4 Å². The van der Waals surface area contributed by atoms with Crippen LogP contribution in [-0.2, 0) is 33.9 Å². The Morgan fingerprint density at radius 2 is 1.20 bits per heavy atom. The molecule has 0 aliphatic rings. The highest BCUT2D eigenvalue weighted by Gasteiger charge is 2.36. The van der Waals surface area contributed by atoms with Crippen LogP contribution in [0.5, 0.6) is 0 Å². The Morgan fingerprint density at radius 1 is 0.850 bits per heavy atom. The van der Waals surface area contributed by atoms with Crippen LogP contribution in [0.4, 0.5) is 8.78 Å². The maximum atomic E-state index is 12.0. The maximum absolute atomic E-state index is 12.0. The van der Waals surface area contributed by atoms with E-state index in [9.17, 15) is 17.2 Å². The van der Waals surface area contributed by atoms with E-state index in [1.165, 1.54) is 0 Å². The van der Waals surface area contributed by atoms with Crippen molar-refractivity contribution in [1.29, 1.82) is 0 Å². The molecule has 122 valence electrons. The predicted octanol–water partition coefficient (Wildman–Crippen LogP) is 2.33. The molecule has 0 spiro atoms. The fraction of sp³-hybridized carbons (Fsp3) is 1.00. The summed E-state index contributed by atoms with van der Waals surface area (Å²) in [5, 5.41) is 0. The smallest absolute Gasteiger partial charge is 0.227 e. The molecule has 0 aliphatic carbocycles. The lowest BCUT2D eigenvalue weighted by Gasteiger charge is -2.24. The van der Waals surface area contributed by atoms with Gasteiger partial charge in [0.2, 0.25) is 0 Å². The van der Waals surface area contributed by atoms with Gasteiger partial charge in [0, 0.05) is 0 Å². The van der Waals surface area contributed by atoms with Gasteiger partial charge in [-0.2, -0.15) is 31.2 Å². The van der Waals surface area contributed by atoms with Crippen LogP contribution in [-0.4, -0.2) is 31.9 Å². The van der Waals surface area contributed by atoms with Gasteiger partial charge in [-0.3, -0.25) is 0 Å². The summed E-state index contributed by atoms with van der Waals surface area (Å²) in [6.45, 7) is 5.75. The van der Waals surface area contributed by atoms with Crippen molar-refractivity contribution in [2.24, 2.45) is 0 Å². The topological polar surface area (TPSA) is 80.3 Å². The Kier molecular flexibility index (Phi) is 6.91. The summed E-state index contributed by atoms with van der Waals surface area (Å²) in [7, 11) is -4.91. The van der Waals surface area contributed by atoms with E-state index < -0.39 is 33.6 Å². The van der Waals surface area contributed by atoms with Gasteiger partial charge in [-0.05, 0) is 41.5 Å². The first-order valence-electron chi connectivity index (χ1n) is 5.62. The lowest BCUT2D eigenvalue weighted by molar-refractivity contribution is -0.475. The zero-order valence-electron chi connectivity index (χ0n) is 12.2. The van der Waals surface area contributed by atoms with Crippen molar-refractivity contribution >= 4 is 10.1 Å². The molecule has 0 saturated heterocycles. The number of alkyl halides is 2. The van der Waals surface area contributed by atoms with Crippen LogP contribution < -0.4 is 0 Å². The molecule has 0 N–H and O–H groups in total. The highest BCUT2D eigenvalue weighted by atomic mass is 32.2. The van der Waals surface area contributed by atoms with E-state index in [2.05, 4.69) is 14.0 Å². The Morgan fingerprint density at radius 3 is 1.45 bits per heavy atom. The molecule has 0 radical (unpaired) electrons. The number of halogens is 2. The average Bonchev–Trinajstić information content (AvgIpc) is 2.10. The molecule has 0 atom stereocenters. The third kappa shape index (κ3) is 9.50. The van der Waals surface area contributed by atoms with Crippen molar-refractivity contribution < 1.29 is 40.9 Å². The molecule has 0 bridgehead atoms. The Labute approximate surface area is 117 Å². The van der Waals surface area contributed by atoms with Crippen LogP contribution in [0.2, 0.25) is 0 Å². The Bertz CT molecular complexity index is 365. The van der Waals surface area contributed by atoms with E-state index in [0.29, 0.717) is 0 Å². The first kappa shape index (κ1) is 19.6. The van der Waals surface area contributed by atoms with Gasteiger partial charge in [-0.25, -0.2) is 9.78 Å². The van der Waals surface area contributed by atoms with Crippen LogP contribution in [0.15, 0.2) is 0 Å². The minimum Gasteiger partial charge on any atom is -0.227 e. The van der Waals surface area contributed by atoms with E-state index >= 15 is 0 Å². The minimum absolute atomic E-state index is 0.899. The van der Waals surface area contributed by atoms with Crippen molar-refractivity contribution in [1.82, 2.24) is 0 Å². The maximum Gasteiger partial charge on any atom is 0.359 e. The standard InChI is InChI=1S/C10H20F2O7S/c1-9(2,3)18-15-8(16-19-10(4,5)6)20(13,14)17-7(11)12/h7-8H,1-6H3. The normalized spacial score (nSPS) is 14.3. The summed E-state index contributed by atoms with van der Waals surface area (Å²) in [5.41, 5.74) is -4.11. The van der Waals surface area contributed by atoms with Crippen molar-refractivity contribution in [3.63, 3.8) is 0 Å². The zero-order chi connectivity index (χ0) is 16.2. The molecule has 0 heterocycles. The van der Waals surface area contributed by atoms with Crippen molar-refractivity contribution in [2.75, 3.05) is 0 Å². The second kappa shape index (κ2) is 7.05. The van der Waals surface area contributed by atoms with Crippen LogP contribution in [0, 0.1) is 0 Å². The molecule has 0 aromatic rings. The monoisotopic (exact) mass is 322 g/mol. The quantitative estimate of drug-likeness (QED) is 0.308. The molecule has 0 unspecified atom stereocenters. The number of hydrogen-bond donors (Lipinski definition) is 0. The van der Waals surface area contributed by atoms with Crippen molar-refractivity contribution in [2.45, 2.75) is 65.0 Å². The third-order valence-corrected chi connectivity index (χ3v) is 2.24. The van der Waals surface area contributed by atoms with Gasteiger partial charge in [-0.1, -0.05) is 0 Å². The van der Waals surface area contributed by atoms with Gasteiger partial charge in [-0.15, -0.1) is 0 Å². The van der Waals surface area contributed by atoms with Gasteiger partial charge in [0.1, 0.15) is 0 Å². The lowest BCUT2D eigenvalue weighted by Crippen LogP contribution is -2.36. The fourth-order valence-corrected chi connectivity index (χ4v) is 1.19. The molecule has 0 aromatic heterocycles. The molecule has 0 aromatic carbocycles. The Hall–Kier alpha value is -0.390. The molecule has 0 rings (SSSR count). The lowest BCUT2D eigenvalue weighted by atomic mass is 10.2. The molecular weight excluding hydrogens is 302 g/mol. The van der Waals surface area contributed by atoms with Crippen LogP contribution in [0.3, 0.4) is 0 Å². The summed E-state index contributed by atoms with van der Waals surface area (Å²) < 4.78 is 50.5. The van der Waals surface area contributed by atoms with Crippen LogP contribution in [0.1, 0.15) is 41.5 Å². The highest BCUT2D eigenvalue weighted by molar-refractivity contribution is 7.87.